The molecule has 0 spiro atoms. The molecule has 6 unspecified atom stereocenters. The highest BCUT2D eigenvalue weighted by atomic mass is 16.2. The first kappa shape index (κ1) is 41.4. The number of hydrogen-bond acceptors (Lipinski definition) is 6. The lowest BCUT2D eigenvalue weighted by Gasteiger charge is -2.38. The van der Waals surface area contributed by atoms with Gasteiger partial charge in [0.25, 0.3) is 0 Å². The summed E-state index contributed by atoms with van der Waals surface area (Å²) in [4.78, 5) is 88.9. The molecule has 1 aliphatic rings. The Morgan fingerprint density at radius 2 is 0.739 bits per heavy atom. The van der Waals surface area contributed by atoms with Crippen molar-refractivity contribution in [3.05, 3.63) is 0 Å². The molecule has 1 fully saturated rings. The maximum Gasteiger partial charge on any atom is 0.226 e. The fourth-order valence-electron chi connectivity index (χ4n) is 7.09. The molecule has 0 bridgehead atoms. The molecule has 0 aliphatic carbocycles. The number of Topliss-reactive ketones (excluding diaryl/α,β-unsaturated/α-hetero) is 3. The maximum atomic E-state index is 14.1. The van der Waals surface area contributed by atoms with Crippen LogP contribution in [0, 0.1) is 53.3 Å². The number of hydrogen-bond donors (Lipinski definition) is 0. The van der Waals surface area contributed by atoms with Gasteiger partial charge in [-0.05, 0) is 41.9 Å². The molecule has 0 N–H and O–H groups in total. The second kappa shape index (κ2) is 17.5. The molecule has 9 heteroatoms. The van der Waals surface area contributed by atoms with E-state index in [4.69, 9.17) is 0 Å². The van der Waals surface area contributed by atoms with E-state index >= 15 is 0 Å². The van der Waals surface area contributed by atoms with Gasteiger partial charge >= 0.3 is 0 Å². The number of carbonyl (C=O) groups is 6. The molecule has 0 aromatic carbocycles. The van der Waals surface area contributed by atoms with Crippen LogP contribution in [0.4, 0.5) is 0 Å². The summed E-state index contributed by atoms with van der Waals surface area (Å²) in [5.74, 6) is -4.50. The molecule has 9 nitrogen and oxygen atoms in total. The van der Waals surface area contributed by atoms with Crippen molar-refractivity contribution in [1.82, 2.24) is 14.7 Å². The van der Waals surface area contributed by atoms with Crippen molar-refractivity contribution < 1.29 is 28.8 Å². The Balaban J connectivity index is 3.94. The summed E-state index contributed by atoms with van der Waals surface area (Å²) in [6.07, 6.45) is 0.222. The minimum atomic E-state index is -0.785. The van der Waals surface area contributed by atoms with Crippen LogP contribution in [0.25, 0.3) is 0 Å². The van der Waals surface area contributed by atoms with Crippen molar-refractivity contribution in [2.24, 2.45) is 53.3 Å². The Morgan fingerprint density at radius 1 is 0.457 bits per heavy atom. The van der Waals surface area contributed by atoms with Gasteiger partial charge in [0.05, 0.1) is 18.1 Å². The van der Waals surface area contributed by atoms with Crippen LogP contribution in [0.3, 0.4) is 0 Å². The predicted molar refractivity (Wildman–Crippen MR) is 183 cm³/mol. The van der Waals surface area contributed by atoms with E-state index in [-0.39, 0.29) is 89.8 Å². The highest BCUT2D eigenvalue weighted by Crippen LogP contribution is 2.30. The molecule has 0 aromatic rings. The summed E-state index contributed by atoms with van der Waals surface area (Å²) in [6, 6.07) is -2.33. The second-order valence-electron chi connectivity index (χ2n) is 15.9. The van der Waals surface area contributed by atoms with Crippen LogP contribution in [0.15, 0.2) is 0 Å². The summed E-state index contributed by atoms with van der Waals surface area (Å²) in [7, 11) is 4.85. The molecule has 46 heavy (non-hydrogen) atoms. The van der Waals surface area contributed by atoms with E-state index in [1.807, 2.05) is 83.1 Å². The SMILES string of the molecule is CC(C)CC1C(=O)CC(C(C)C)C(=O)N(C)C(C(C)C)C(=O)CC(C(C)C)C(=O)N(C)C(C(C)C)C(=O)CC(C(C)C)C(=O)N1C. The van der Waals surface area contributed by atoms with Crippen LogP contribution in [0.5, 0.6) is 0 Å². The van der Waals surface area contributed by atoms with E-state index in [1.54, 1.807) is 21.1 Å². The van der Waals surface area contributed by atoms with E-state index in [1.165, 1.54) is 14.7 Å². The minimum absolute atomic E-state index is 0.0621. The van der Waals surface area contributed by atoms with Crippen LogP contribution in [0.1, 0.15) is 109 Å². The minimum Gasteiger partial charge on any atom is -0.335 e. The van der Waals surface area contributed by atoms with E-state index in [9.17, 15) is 28.8 Å². The highest BCUT2D eigenvalue weighted by Gasteiger charge is 2.43. The van der Waals surface area contributed by atoms with Gasteiger partial charge in [-0.1, -0.05) is 83.1 Å². The van der Waals surface area contributed by atoms with E-state index in [0.29, 0.717) is 6.42 Å². The fourth-order valence-corrected chi connectivity index (χ4v) is 7.09. The Kier molecular flexibility index (Phi) is 15.8. The number of likely N-dealkylation sites (N-methyl/N-ethyl adjacent to an activating group) is 3. The van der Waals surface area contributed by atoms with Crippen LogP contribution < -0.4 is 0 Å². The Morgan fingerprint density at radius 3 is 1.00 bits per heavy atom. The van der Waals surface area contributed by atoms with Gasteiger partial charge in [-0.25, -0.2) is 0 Å². The van der Waals surface area contributed by atoms with Gasteiger partial charge in [-0.15, -0.1) is 0 Å². The highest BCUT2D eigenvalue weighted by molar-refractivity contribution is 5.98. The molecule has 1 rings (SSSR count). The smallest absolute Gasteiger partial charge is 0.226 e. The van der Waals surface area contributed by atoms with Crippen molar-refractivity contribution in [2.75, 3.05) is 21.1 Å². The first-order valence-corrected chi connectivity index (χ1v) is 17.4. The maximum absolute atomic E-state index is 14.1. The molecule has 6 atom stereocenters. The number of amides is 3. The number of carbonyl (C=O) groups excluding carboxylic acids is 6. The zero-order chi connectivity index (χ0) is 36.0. The number of ketones is 3. The molecule has 0 aromatic heterocycles. The zero-order valence-corrected chi connectivity index (χ0v) is 31.5. The molecule has 3 amide bonds. The van der Waals surface area contributed by atoms with Crippen molar-refractivity contribution in [3.8, 4) is 0 Å². The molecular weight excluding hydrogens is 582 g/mol. The normalized spacial score (nSPS) is 27.7. The summed E-state index contributed by atoms with van der Waals surface area (Å²) in [5.41, 5.74) is 0. The van der Waals surface area contributed by atoms with E-state index in [2.05, 4.69) is 0 Å². The van der Waals surface area contributed by atoms with Gasteiger partial charge in [0.2, 0.25) is 17.7 Å². The average Bonchev–Trinajstić information content (AvgIpc) is 2.93. The fraction of sp³-hybridized carbons (Fsp3) is 0.838. The zero-order valence-electron chi connectivity index (χ0n) is 31.5. The third-order valence-electron chi connectivity index (χ3n) is 9.96. The van der Waals surface area contributed by atoms with Crippen LogP contribution >= 0.6 is 0 Å². The number of nitrogens with zero attached hydrogens (tertiary/aromatic N) is 3. The van der Waals surface area contributed by atoms with Crippen LogP contribution in [-0.4, -0.2) is 89.0 Å². The van der Waals surface area contributed by atoms with Gasteiger partial charge in [-0.2, -0.15) is 0 Å². The van der Waals surface area contributed by atoms with Crippen molar-refractivity contribution in [2.45, 2.75) is 127 Å². The van der Waals surface area contributed by atoms with E-state index < -0.39 is 35.9 Å². The summed E-state index contributed by atoms with van der Waals surface area (Å²) in [5, 5.41) is 0. The lowest BCUT2D eigenvalue weighted by molar-refractivity contribution is -0.151. The van der Waals surface area contributed by atoms with Crippen molar-refractivity contribution >= 4 is 35.1 Å². The monoisotopic (exact) mass is 647 g/mol. The quantitative estimate of drug-likeness (QED) is 0.359. The molecule has 0 radical (unpaired) electrons. The Labute approximate surface area is 279 Å². The molecule has 1 heterocycles. The summed E-state index contributed by atoms with van der Waals surface area (Å²) in [6.45, 7) is 22.8. The third-order valence-corrected chi connectivity index (χ3v) is 9.96. The average molecular weight is 648 g/mol. The lowest BCUT2D eigenvalue weighted by Crippen LogP contribution is -2.53. The molecule has 264 valence electrons. The molecule has 0 saturated carbocycles. The topological polar surface area (TPSA) is 112 Å². The summed E-state index contributed by atoms with van der Waals surface area (Å²) >= 11 is 0. The van der Waals surface area contributed by atoms with Gasteiger partial charge in [0.1, 0.15) is 0 Å². The number of rotatable bonds is 7. The summed E-state index contributed by atoms with van der Waals surface area (Å²) < 4.78 is 0. The van der Waals surface area contributed by atoms with Gasteiger partial charge < -0.3 is 14.7 Å². The Hall–Kier alpha value is -2.58. The molecule has 1 aliphatic heterocycles. The van der Waals surface area contributed by atoms with Gasteiger partial charge in [0, 0.05) is 58.2 Å². The lowest BCUT2D eigenvalue weighted by atomic mass is 9.81. The van der Waals surface area contributed by atoms with Gasteiger partial charge in [-0.3, -0.25) is 28.8 Å². The van der Waals surface area contributed by atoms with Crippen molar-refractivity contribution in [3.63, 3.8) is 0 Å². The molecule has 1 saturated heterocycles. The van der Waals surface area contributed by atoms with Crippen LogP contribution in [-0.2, 0) is 28.8 Å². The Bertz CT molecular complexity index is 1080. The van der Waals surface area contributed by atoms with Gasteiger partial charge in [0.15, 0.2) is 17.3 Å². The molecular formula is C37H65N3O6. The standard InChI is InChI=1S/C37H65N3O6/c1-20(2)16-29-30(41)17-26(21(3)4)36(45)39(14)34(25(11)12)32(43)19-28(23(7)8)37(46)40(15)33(24(9)10)31(42)18-27(22(5)6)35(44)38(29)13/h20-29,33-34H,16-19H2,1-15H3. The van der Waals surface area contributed by atoms with E-state index in [0.717, 1.165) is 0 Å². The predicted octanol–water partition coefficient (Wildman–Crippen LogP) is 5.53. The second-order valence-corrected chi connectivity index (χ2v) is 15.9. The third kappa shape index (κ3) is 10.2. The van der Waals surface area contributed by atoms with Crippen molar-refractivity contribution in [1.29, 1.82) is 0 Å². The first-order chi connectivity index (χ1) is 21.1. The first-order valence-electron chi connectivity index (χ1n) is 17.4. The van der Waals surface area contributed by atoms with Crippen LogP contribution in [0.2, 0.25) is 0 Å². The largest absolute Gasteiger partial charge is 0.335 e.